The first kappa shape index (κ1) is 8.49. The van der Waals surface area contributed by atoms with Crippen LogP contribution in [0.2, 0.25) is 0 Å². The molecular weight excluding hydrogens is 132 g/mol. The number of hydrogen-bond acceptors (Lipinski definition) is 3. The lowest BCUT2D eigenvalue weighted by Crippen LogP contribution is -2.02. The molecule has 2 nitrogen and oxygen atoms in total. The highest BCUT2D eigenvalue weighted by Crippen LogP contribution is 2.00. The fraction of sp³-hybridized carbons (Fsp3) is 0. The average Bonchev–Trinajstić information content (AvgIpc) is 1.94. The smallest absolute Gasteiger partial charge is 0.00399 e. The van der Waals surface area contributed by atoms with Crippen molar-refractivity contribution in [1.29, 1.82) is 0 Å². The van der Waals surface area contributed by atoms with Crippen molar-refractivity contribution in [3.05, 3.63) is 30.3 Å². The van der Waals surface area contributed by atoms with Gasteiger partial charge in [-0.05, 0) is 12.1 Å². The molecular formula is C6H10N2S. The van der Waals surface area contributed by atoms with Crippen LogP contribution in [0.4, 0.5) is 0 Å². The Balaban J connectivity index is 0.000000291. The first-order chi connectivity index (χ1) is 4.39. The summed E-state index contributed by atoms with van der Waals surface area (Å²) >= 11 is 4.08. The number of benzene rings is 1. The summed E-state index contributed by atoms with van der Waals surface area (Å²) in [5.74, 6) is 8.00. The Morgan fingerprint density at radius 2 is 1.44 bits per heavy atom. The second kappa shape index (κ2) is 5.62. The highest BCUT2D eigenvalue weighted by molar-refractivity contribution is 7.80. The van der Waals surface area contributed by atoms with Gasteiger partial charge in [-0.1, -0.05) is 18.2 Å². The zero-order chi connectivity index (χ0) is 7.11. The van der Waals surface area contributed by atoms with Crippen LogP contribution in [0.3, 0.4) is 0 Å². The van der Waals surface area contributed by atoms with Crippen LogP contribution >= 0.6 is 12.6 Å². The van der Waals surface area contributed by atoms with Gasteiger partial charge in [0.2, 0.25) is 0 Å². The van der Waals surface area contributed by atoms with Crippen molar-refractivity contribution >= 4 is 12.6 Å². The Bertz CT molecular complexity index is 141. The van der Waals surface area contributed by atoms with Crippen LogP contribution in [-0.2, 0) is 0 Å². The van der Waals surface area contributed by atoms with E-state index in [1.807, 2.05) is 30.3 Å². The number of thiol groups is 1. The topological polar surface area (TPSA) is 52.0 Å². The second-order valence-corrected chi connectivity index (χ2v) is 1.85. The van der Waals surface area contributed by atoms with Gasteiger partial charge in [-0.15, -0.1) is 12.6 Å². The summed E-state index contributed by atoms with van der Waals surface area (Å²) in [4.78, 5) is 1.02. The van der Waals surface area contributed by atoms with Crippen molar-refractivity contribution in [3.63, 3.8) is 0 Å². The van der Waals surface area contributed by atoms with E-state index >= 15 is 0 Å². The maximum atomic E-state index is 4.08. The molecule has 50 valence electrons. The molecule has 0 spiro atoms. The fourth-order valence-corrected chi connectivity index (χ4v) is 0.600. The van der Waals surface area contributed by atoms with Crippen LogP contribution in [0.5, 0.6) is 0 Å². The fourth-order valence-electron chi connectivity index (χ4n) is 0.428. The third-order valence-electron chi connectivity index (χ3n) is 0.756. The van der Waals surface area contributed by atoms with Gasteiger partial charge in [0.05, 0.1) is 0 Å². The van der Waals surface area contributed by atoms with Gasteiger partial charge in [-0.3, -0.25) is 11.7 Å². The lowest BCUT2D eigenvalue weighted by atomic mass is 10.4. The molecule has 4 N–H and O–H groups in total. The molecule has 1 rings (SSSR count). The Labute approximate surface area is 60.2 Å². The van der Waals surface area contributed by atoms with E-state index in [4.69, 9.17) is 0 Å². The molecule has 0 fully saturated rings. The summed E-state index contributed by atoms with van der Waals surface area (Å²) in [5, 5.41) is 0. The summed E-state index contributed by atoms with van der Waals surface area (Å²) in [6.07, 6.45) is 0. The van der Waals surface area contributed by atoms with E-state index < -0.39 is 0 Å². The third kappa shape index (κ3) is 4.02. The minimum atomic E-state index is 1.02. The molecule has 9 heavy (non-hydrogen) atoms. The van der Waals surface area contributed by atoms with Crippen LogP contribution in [0.1, 0.15) is 0 Å². The molecule has 0 aromatic heterocycles. The quantitative estimate of drug-likeness (QED) is 0.285. The maximum Gasteiger partial charge on any atom is 0.00399 e. The zero-order valence-electron chi connectivity index (χ0n) is 4.99. The summed E-state index contributed by atoms with van der Waals surface area (Å²) < 4.78 is 0. The molecule has 0 bridgehead atoms. The molecule has 0 amide bonds. The minimum Gasteiger partial charge on any atom is -0.274 e. The largest absolute Gasteiger partial charge is 0.274 e. The Morgan fingerprint density at radius 3 is 1.67 bits per heavy atom. The monoisotopic (exact) mass is 142 g/mol. The summed E-state index contributed by atoms with van der Waals surface area (Å²) in [6.45, 7) is 0. The van der Waals surface area contributed by atoms with Crippen molar-refractivity contribution in [2.24, 2.45) is 11.7 Å². The van der Waals surface area contributed by atoms with E-state index in [2.05, 4.69) is 24.3 Å². The number of hydrazine groups is 1. The number of nitrogens with two attached hydrogens (primary N) is 2. The van der Waals surface area contributed by atoms with E-state index in [1.165, 1.54) is 0 Å². The standard InChI is InChI=1S/C6H6S.H4N2/c7-6-4-2-1-3-5-6;1-2/h1-5,7H;1-2H2. The molecule has 0 aliphatic carbocycles. The first-order valence-electron chi connectivity index (χ1n) is 2.47. The van der Waals surface area contributed by atoms with Gasteiger partial charge in [0.15, 0.2) is 0 Å². The van der Waals surface area contributed by atoms with Crippen molar-refractivity contribution < 1.29 is 0 Å². The summed E-state index contributed by atoms with van der Waals surface area (Å²) in [7, 11) is 0. The highest BCUT2D eigenvalue weighted by Gasteiger charge is 1.73. The molecule has 0 saturated heterocycles. The molecule has 1 aromatic rings. The molecule has 0 aliphatic rings. The van der Waals surface area contributed by atoms with Crippen molar-refractivity contribution in [1.82, 2.24) is 0 Å². The maximum absolute atomic E-state index is 4.08. The van der Waals surface area contributed by atoms with Crippen LogP contribution in [0, 0.1) is 0 Å². The van der Waals surface area contributed by atoms with E-state index in [9.17, 15) is 0 Å². The van der Waals surface area contributed by atoms with Gasteiger partial charge < -0.3 is 0 Å². The number of hydrogen-bond donors (Lipinski definition) is 3. The van der Waals surface area contributed by atoms with Gasteiger partial charge in [0.1, 0.15) is 0 Å². The predicted octanol–water partition coefficient (Wildman–Crippen LogP) is 0.794. The van der Waals surface area contributed by atoms with Gasteiger partial charge in [-0.25, -0.2) is 0 Å². The molecule has 0 atom stereocenters. The predicted molar refractivity (Wildman–Crippen MR) is 42.1 cm³/mol. The van der Waals surface area contributed by atoms with E-state index in [-0.39, 0.29) is 0 Å². The van der Waals surface area contributed by atoms with E-state index in [0.717, 1.165) is 4.90 Å². The molecule has 0 radical (unpaired) electrons. The molecule has 0 aliphatic heterocycles. The van der Waals surface area contributed by atoms with Crippen molar-refractivity contribution in [2.75, 3.05) is 0 Å². The Kier molecular flexibility index (Phi) is 5.30. The van der Waals surface area contributed by atoms with Crippen LogP contribution in [0.15, 0.2) is 35.2 Å². The van der Waals surface area contributed by atoms with E-state index in [1.54, 1.807) is 0 Å². The van der Waals surface area contributed by atoms with Crippen molar-refractivity contribution in [2.45, 2.75) is 4.90 Å². The SMILES string of the molecule is NN.Sc1ccccc1. The number of rotatable bonds is 0. The lowest BCUT2D eigenvalue weighted by molar-refractivity contribution is 1.26. The first-order valence-corrected chi connectivity index (χ1v) is 2.91. The van der Waals surface area contributed by atoms with Crippen LogP contribution in [-0.4, -0.2) is 0 Å². The normalized spacial score (nSPS) is 7.44. The lowest BCUT2D eigenvalue weighted by Gasteiger charge is -1.81. The summed E-state index contributed by atoms with van der Waals surface area (Å²) in [6, 6.07) is 9.79. The Morgan fingerprint density at radius 1 is 1.00 bits per heavy atom. The van der Waals surface area contributed by atoms with Gasteiger partial charge in [0.25, 0.3) is 0 Å². The molecule has 0 unspecified atom stereocenters. The van der Waals surface area contributed by atoms with Crippen LogP contribution in [0.25, 0.3) is 0 Å². The van der Waals surface area contributed by atoms with Gasteiger partial charge in [0, 0.05) is 4.90 Å². The molecule has 0 saturated carbocycles. The third-order valence-corrected chi connectivity index (χ3v) is 1.05. The average molecular weight is 142 g/mol. The molecule has 0 heterocycles. The molecule has 1 aromatic carbocycles. The van der Waals surface area contributed by atoms with E-state index in [0.29, 0.717) is 0 Å². The zero-order valence-corrected chi connectivity index (χ0v) is 5.88. The highest BCUT2D eigenvalue weighted by atomic mass is 32.1. The second-order valence-electron chi connectivity index (χ2n) is 1.34. The minimum absolute atomic E-state index is 1.02. The van der Waals surface area contributed by atoms with Crippen LogP contribution < -0.4 is 11.7 Å². The van der Waals surface area contributed by atoms with Gasteiger partial charge in [-0.2, -0.15) is 0 Å². The van der Waals surface area contributed by atoms with Gasteiger partial charge >= 0.3 is 0 Å². The Hall–Kier alpha value is -0.510. The summed E-state index contributed by atoms with van der Waals surface area (Å²) in [5.41, 5.74) is 0. The molecule has 3 heteroatoms. The van der Waals surface area contributed by atoms with Crippen molar-refractivity contribution in [3.8, 4) is 0 Å².